The number of hydrogen-bond acceptors (Lipinski definition) is 4. The lowest BCUT2D eigenvalue weighted by molar-refractivity contribution is -0.134. The first-order valence-corrected chi connectivity index (χ1v) is 9.61. The van der Waals surface area contributed by atoms with Gasteiger partial charge in [-0.1, -0.05) is 29.8 Å². The molecule has 2 aliphatic heterocycles. The molecule has 2 heterocycles. The highest BCUT2D eigenvalue weighted by Crippen LogP contribution is 2.41. The predicted molar refractivity (Wildman–Crippen MR) is 97.1 cm³/mol. The van der Waals surface area contributed by atoms with Gasteiger partial charge in [0.1, 0.15) is 5.37 Å². The van der Waals surface area contributed by atoms with E-state index in [0.717, 1.165) is 31.7 Å². The van der Waals surface area contributed by atoms with Crippen molar-refractivity contribution in [3.63, 3.8) is 0 Å². The molecule has 0 saturated carbocycles. The van der Waals surface area contributed by atoms with Crippen LogP contribution in [0.3, 0.4) is 0 Å². The van der Waals surface area contributed by atoms with Crippen LogP contribution < -0.4 is 0 Å². The average molecular weight is 368 g/mol. The van der Waals surface area contributed by atoms with E-state index < -0.39 is 0 Å². The van der Waals surface area contributed by atoms with Crippen LogP contribution in [0.1, 0.15) is 17.4 Å². The molecule has 24 heavy (non-hydrogen) atoms. The van der Waals surface area contributed by atoms with Crippen LogP contribution in [0.15, 0.2) is 24.3 Å². The molecule has 0 aliphatic carbocycles. The molecule has 3 rings (SSSR count). The number of carbonyl (C=O) groups is 2. The van der Waals surface area contributed by atoms with Crippen molar-refractivity contribution in [2.75, 3.05) is 45.5 Å². The normalized spacial score (nSPS) is 22.2. The van der Waals surface area contributed by atoms with E-state index >= 15 is 0 Å². The van der Waals surface area contributed by atoms with Gasteiger partial charge >= 0.3 is 0 Å². The van der Waals surface area contributed by atoms with Gasteiger partial charge in [0.25, 0.3) is 0 Å². The molecule has 0 spiro atoms. The van der Waals surface area contributed by atoms with E-state index in [1.807, 2.05) is 29.2 Å². The van der Waals surface area contributed by atoms with Crippen molar-refractivity contribution in [2.45, 2.75) is 11.8 Å². The molecule has 2 amide bonds. The number of halogens is 1. The van der Waals surface area contributed by atoms with Gasteiger partial charge in [-0.3, -0.25) is 9.59 Å². The van der Waals surface area contributed by atoms with E-state index in [2.05, 4.69) is 11.9 Å². The first-order valence-electron chi connectivity index (χ1n) is 8.18. The molecule has 1 aromatic rings. The van der Waals surface area contributed by atoms with Crippen LogP contribution in [0, 0.1) is 0 Å². The Bertz CT molecular complexity index is 620. The van der Waals surface area contributed by atoms with Crippen LogP contribution in [-0.2, 0) is 9.59 Å². The highest BCUT2D eigenvalue weighted by atomic mass is 35.5. The zero-order valence-electron chi connectivity index (χ0n) is 13.8. The minimum Gasteiger partial charge on any atom is -0.340 e. The second-order valence-corrected chi connectivity index (χ2v) is 7.68. The first-order chi connectivity index (χ1) is 11.6. The van der Waals surface area contributed by atoms with Crippen molar-refractivity contribution in [3.8, 4) is 0 Å². The van der Waals surface area contributed by atoms with Gasteiger partial charge < -0.3 is 14.7 Å². The third-order valence-corrected chi connectivity index (χ3v) is 6.14. The summed E-state index contributed by atoms with van der Waals surface area (Å²) < 4.78 is 0. The summed E-state index contributed by atoms with van der Waals surface area (Å²) in [6, 6.07) is 7.61. The Morgan fingerprint density at radius 2 is 1.96 bits per heavy atom. The third kappa shape index (κ3) is 3.87. The number of carbonyl (C=O) groups excluding carboxylic acids is 2. The fourth-order valence-corrected chi connectivity index (χ4v) is 4.62. The Kier molecular flexibility index (Phi) is 5.69. The van der Waals surface area contributed by atoms with Crippen molar-refractivity contribution in [1.82, 2.24) is 14.7 Å². The first kappa shape index (κ1) is 17.6. The van der Waals surface area contributed by atoms with Crippen molar-refractivity contribution >= 4 is 35.2 Å². The largest absolute Gasteiger partial charge is 0.340 e. The zero-order valence-corrected chi connectivity index (χ0v) is 15.4. The zero-order chi connectivity index (χ0) is 17.1. The molecule has 0 radical (unpaired) electrons. The lowest BCUT2D eigenvalue weighted by Crippen LogP contribution is -2.47. The van der Waals surface area contributed by atoms with E-state index in [-0.39, 0.29) is 17.2 Å². The van der Waals surface area contributed by atoms with Gasteiger partial charge in [0.2, 0.25) is 11.8 Å². The van der Waals surface area contributed by atoms with Crippen LogP contribution in [0.25, 0.3) is 0 Å². The number of hydrogen-bond donors (Lipinski definition) is 0. The summed E-state index contributed by atoms with van der Waals surface area (Å²) in [5.41, 5.74) is 0.946. The van der Waals surface area contributed by atoms with Gasteiger partial charge in [-0.2, -0.15) is 0 Å². The Morgan fingerprint density at radius 3 is 2.67 bits per heavy atom. The molecule has 2 aliphatic rings. The Balaban J connectivity index is 1.61. The molecule has 1 atom stereocenters. The number of likely N-dealkylation sites (N-methyl/N-ethyl adjacent to an activating group) is 1. The summed E-state index contributed by atoms with van der Waals surface area (Å²) in [5.74, 6) is 0.653. The Hall–Kier alpha value is -1.24. The maximum Gasteiger partial charge on any atom is 0.233 e. The molecule has 0 aromatic heterocycles. The summed E-state index contributed by atoms with van der Waals surface area (Å²) in [7, 11) is 2.07. The molecule has 0 bridgehead atoms. The number of thioether (sulfide) groups is 1. The maximum atomic E-state index is 12.4. The molecule has 130 valence electrons. The number of amides is 2. The summed E-state index contributed by atoms with van der Waals surface area (Å²) in [6.45, 7) is 3.81. The van der Waals surface area contributed by atoms with Crippen LogP contribution >= 0.6 is 23.4 Å². The minimum absolute atomic E-state index is 0.0797. The molecule has 1 aromatic carbocycles. The van der Waals surface area contributed by atoms with Crippen molar-refractivity contribution in [3.05, 3.63) is 34.9 Å². The average Bonchev–Trinajstić information content (AvgIpc) is 2.94. The molecule has 2 fully saturated rings. The molecule has 0 N–H and O–H groups in total. The lowest BCUT2D eigenvalue weighted by atomic mass is 10.2. The monoisotopic (exact) mass is 367 g/mol. The quantitative estimate of drug-likeness (QED) is 0.817. The second kappa shape index (κ2) is 7.76. The van der Waals surface area contributed by atoms with E-state index in [1.165, 1.54) is 0 Å². The SMILES string of the molecule is CN1CCN(C(=O)CCN2C(=O)CS[C@H]2c2ccccc2Cl)CC1. The van der Waals surface area contributed by atoms with Gasteiger partial charge in [-0.25, -0.2) is 0 Å². The third-order valence-electron chi connectivity index (χ3n) is 4.56. The molecular formula is C17H22ClN3O2S. The van der Waals surface area contributed by atoms with Crippen molar-refractivity contribution < 1.29 is 9.59 Å². The lowest BCUT2D eigenvalue weighted by Gasteiger charge is -2.33. The fraction of sp³-hybridized carbons (Fsp3) is 0.529. The number of rotatable bonds is 4. The highest BCUT2D eigenvalue weighted by molar-refractivity contribution is 8.00. The van der Waals surface area contributed by atoms with Gasteiger partial charge in [0, 0.05) is 49.7 Å². The van der Waals surface area contributed by atoms with Gasteiger partial charge in [-0.05, 0) is 13.1 Å². The summed E-state index contributed by atoms with van der Waals surface area (Å²) in [6.07, 6.45) is 0.372. The smallest absolute Gasteiger partial charge is 0.233 e. The van der Waals surface area contributed by atoms with Crippen LogP contribution in [-0.4, -0.2) is 72.0 Å². The Morgan fingerprint density at radius 1 is 1.25 bits per heavy atom. The molecule has 2 saturated heterocycles. The van der Waals surface area contributed by atoms with Crippen LogP contribution in [0.5, 0.6) is 0 Å². The van der Waals surface area contributed by atoms with E-state index in [4.69, 9.17) is 11.6 Å². The maximum absolute atomic E-state index is 12.4. The molecule has 5 nitrogen and oxygen atoms in total. The standard InChI is InChI=1S/C17H22ClN3O2S/c1-19-8-10-20(11-9-19)15(22)6-7-21-16(23)12-24-17(21)13-4-2-3-5-14(13)18/h2-5,17H,6-12H2,1H3/t17-/m0/s1. The van der Waals surface area contributed by atoms with Crippen molar-refractivity contribution in [2.24, 2.45) is 0 Å². The van der Waals surface area contributed by atoms with Crippen LogP contribution in [0.4, 0.5) is 0 Å². The van der Waals surface area contributed by atoms with Gasteiger partial charge in [0.05, 0.1) is 5.75 Å². The predicted octanol–water partition coefficient (Wildman–Crippen LogP) is 2.08. The molecular weight excluding hydrogens is 346 g/mol. The topological polar surface area (TPSA) is 43.9 Å². The Labute approximate surface area is 151 Å². The van der Waals surface area contributed by atoms with Crippen molar-refractivity contribution in [1.29, 1.82) is 0 Å². The van der Waals surface area contributed by atoms with E-state index in [9.17, 15) is 9.59 Å². The fourth-order valence-electron chi connectivity index (χ4n) is 3.06. The summed E-state index contributed by atoms with van der Waals surface area (Å²) >= 11 is 7.86. The van der Waals surface area contributed by atoms with Gasteiger partial charge in [-0.15, -0.1) is 11.8 Å². The molecule has 0 unspecified atom stereocenters. The highest BCUT2D eigenvalue weighted by Gasteiger charge is 2.34. The van der Waals surface area contributed by atoms with E-state index in [0.29, 0.717) is 23.7 Å². The van der Waals surface area contributed by atoms with Gasteiger partial charge in [0.15, 0.2) is 0 Å². The number of nitrogens with zero attached hydrogens (tertiary/aromatic N) is 3. The minimum atomic E-state index is -0.0912. The summed E-state index contributed by atoms with van der Waals surface area (Å²) in [4.78, 5) is 30.6. The van der Waals surface area contributed by atoms with Crippen LogP contribution in [0.2, 0.25) is 5.02 Å². The number of benzene rings is 1. The molecule has 7 heteroatoms. The second-order valence-electron chi connectivity index (χ2n) is 6.21. The summed E-state index contributed by atoms with van der Waals surface area (Å²) in [5, 5.41) is 0.576. The number of piperazine rings is 1. The van der Waals surface area contributed by atoms with E-state index in [1.54, 1.807) is 16.7 Å².